The summed E-state index contributed by atoms with van der Waals surface area (Å²) < 4.78 is 39.4. The van der Waals surface area contributed by atoms with E-state index in [-0.39, 0.29) is 53.7 Å². The second-order valence-electron chi connectivity index (χ2n) is 10.4. The molecular formula is C31H31Cl2F3N4O2. The van der Waals surface area contributed by atoms with Crippen LogP contribution >= 0.6 is 23.2 Å². The normalized spacial score (nSPS) is 11.6. The summed E-state index contributed by atoms with van der Waals surface area (Å²) in [5.74, 6) is -0.310. The number of alkyl halides is 3. The fraction of sp³-hybridized carbons (Fsp3) is 0.290. The van der Waals surface area contributed by atoms with Crippen LogP contribution in [0.2, 0.25) is 10.0 Å². The van der Waals surface area contributed by atoms with Gasteiger partial charge in [-0.05, 0) is 53.8 Å². The third kappa shape index (κ3) is 7.98. The Hall–Kier alpha value is -3.69. The number of rotatable bonds is 10. The first kappa shape index (κ1) is 31.3. The molecule has 42 heavy (non-hydrogen) atoms. The van der Waals surface area contributed by atoms with Crippen LogP contribution in [0.5, 0.6) is 0 Å². The van der Waals surface area contributed by atoms with Crippen molar-refractivity contribution in [1.29, 1.82) is 0 Å². The maximum Gasteiger partial charge on any atom is 0.416 e. The molecule has 4 rings (SSSR count). The van der Waals surface area contributed by atoms with Crippen LogP contribution in [0.4, 0.5) is 23.7 Å². The summed E-state index contributed by atoms with van der Waals surface area (Å²) in [4.78, 5) is 33.2. The van der Waals surface area contributed by atoms with Crippen molar-refractivity contribution in [3.63, 3.8) is 0 Å². The Labute approximate surface area is 252 Å². The molecule has 0 spiro atoms. The van der Waals surface area contributed by atoms with E-state index in [2.05, 4.69) is 10.3 Å². The van der Waals surface area contributed by atoms with E-state index in [4.69, 9.17) is 23.2 Å². The molecule has 1 aromatic heterocycles. The number of amides is 3. The van der Waals surface area contributed by atoms with Gasteiger partial charge in [0.2, 0.25) is 5.91 Å². The smallest absolute Gasteiger partial charge is 0.361 e. The van der Waals surface area contributed by atoms with E-state index in [1.807, 2.05) is 44.3 Å². The highest BCUT2D eigenvalue weighted by Crippen LogP contribution is 2.31. The van der Waals surface area contributed by atoms with Gasteiger partial charge in [-0.2, -0.15) is 13.2 Å². The highest BCUT2D eigenvalue weighted by atomic mass is 35.5. The lowest BCUT2D eigenvalue weighted by molar-refractivity contribution is -0.137. The van der Waals surface area contributed by atoms with Crippen molar-refractivity contribution < 1.29 is 22.8 Å². The van der Waals surface area contributed by atoms with Crippen LogP contribution in [0.25, 0.3) is 10.9 Å². The highest BCUT2D eigenvalue weighted by Gasteiger charge is 2.30. The Morgan fingerprint density at radius 3 is 2.24 bits per heavy atom. The fourth-order valence-electron chi connectivity index (χ4n) is 4.63. The average molecular weight is 620 g/mol. The summed E-state index contributed by atoms with van der Waals surface area (Å²) in [7, 11) is 0. The van der Waals surface area contributed by atoms with E-state index in [0.29, 0.717) is 12.0 Å². The zero-order chi connectivity index (χ0) is 30.4. The molecule has 0 aliphatic heterocycles. The summed E-state index contributed by atoms with van der Waals surface area (Å²) in [6.45, 7) is 4.23. The van der Waals surface area contributed by atoms with Crippen LogP contribution in [0, 0.1) is 5.92 Å². The molecule has 0 aliphatic rings. The van der Waals surface area contributed by atoms with Crippen molar-refractivity contribution in [2.24, 2.45) is 5.92 Å². The quantitative estimate of drug-likeness (QED) is 0.188. The second-order valence-corrected chi connectivity index (χ2v) is 11.2. The molecule has 2 N–H and O–H groups in total. The van der Waals surface area contributed by atoms with Crippen molar-refractivity contribution in [3.8, 4) is 0 Å². The number of anilines is 1. The van der Waals surface area contributed by atoms with E-state index in [9.17, 15) is 22.8 Å². The van der Waals surface area contributed by atoms with Gasteiger partial charge in [0.05, 0.1) is 21.3 Å². The number of aromatic amines is 1. The van der Waals surface area contributed by atoms with E-state index < -0.39 is 17.8 Å². The molecule has 11 heteroatoms. The molecule has 222 valence electrons. The maximum absolute atomic E-state index is 13.7. The summed E-state index contributed by atoms with van der Waals surface area (Å²) in [6.07, 6.45) is -2.07. The minimum absolute atomic E-state index is 0.0415. The SMILES string of the molecule is CC(C)CN(CC(=O)N(CCc1c[nH]c2ccccc12)Cc1ccc(C(F)(F)F)cc1)C(=O)Nc1c(Cl)cccc1Cl. The minimum Gasteiger partial charge on any atom is -0.361 e. The molecule has 0 saturated carbocycles. The molecule has 0 unspecified atom stereocenters. The molecule has 0 fully saturated rings. The van der Waals surface area contributed by atoms with Gasteiger partial charge in [0.15, 0.2) is 0 Å². The van der Waals surface area contributed by atoms with Crippen molar-refractivity contribution in [2.75, 3.05) is 25.0 Å². The number of halogens is 5. The Bertz CT molecular complexity index is 1520. The number of para-hydroxylation sites is 2. The number of carbonyl (C=O) groups is 2. The molecule has 3 aromatic carbocycles. The molecule has 0 radical (unpaired) electrons. The first-order chi connectivity index (χ1) is 19.9. The van der Waals surface area contributed by atoms with Crippen LogP contribution in [0.15, 0.2) is 72.9 Å². The van der Waals surface area contributed by atoms with Gasteiger partial charge >= 0.3 is 12.2 Å². The van der Waals surface area contributed by atoms with Crippen molar-refractivity contribution in [2.45, 2.75) is 33.0 Å². The predicted octanol–water partition coefficient (Wildman–Crippen LogP) is 8.25. The monoisotopic (exact) mass is 618 g/mol. The van der Waals surface area contributed by atoms with Gasteiger partial charge in [-0.25, -0.2) is 4.79 Å². The number of hydrogen-bond acceptors (Lipinski definition) is 2. The molecule has 0 saturated heterocycles. The molecule has 0 bridgehead atoms. The number of nitrogens with one attached hydrogen (secondary N) is 2. The number of urea groups is 1. The van der Waals surface area contributed by atoms with Gasteiger partial charge in [-0.3, -0.25) is 4.79 Å². The molecule has 3 amide bonds. The largest absolute Gasteiger partial charge is 0.416 e. The topological polar surface area (TPSA) is 68.4 Å². The summed E-state index contributed by atoms with van der Waals surface area (Å²) in [5.41, 5.74) is 1.99. The summed E-state index contributed by atoms with van der Waals surface area (Å²) in [5, 5.41) is 4.26. The van der Waals surface area contributed by atoms with E-state index in [0.717, 1.165) is 28.6 Å². The molecule has 0 atom stereocenters. The van der Waals surface area contributed by atoms with Gasteiger partial charge in [-0.15, -0.1) is 0 Å². The fourth-order valence-corrected chi connectivity index (χ4v) is 5.12. The molecule has 4 aromatic rings. The van der Waals surface area contributed by atoms with Gasteiger partial charge in [0.1, 0.15) is 6.54 Å². The zero-order valence-electron chi connectivity index (χ0n) is 23.1. The van der Waals surface area contributed by atoms with Crippen LogP contribution in [0.3, 0.4) is 0 Å². The highest BCUT2D eigenvalue weighted by molar-refractivity contribution is 6.39. The first-order valence-corrected chi connectivity index (χ1v) is 14.2. The number of benzene rings is 3. The maximum atomic E-state index is 13.7. The van der Waals surface area contributed by atoms with Crippen LogP contribution in [-0.2, 0) is 23.9 Å². The lowest BCUT2D eigenvalue weighted by Gasteiger charge is -2.29. The van der Waals surface area contributed by atoms with Crippen molar-refractivity contribution in [3.05, 3.63) is 99.7 Å². The van der Waals surface area contributed by atoms with Crippen LogP contribution in [0.1, 0.15) is 30.5 Å². The van der Waals surface area contributed by atoms with E-state index in [1.165, 1.54) is 17.0 Å². The number of aromatic nitrogens is 1. The van der Waals surface area contributed by atoms with Gasteiger partial charge in [0.25, 0.3) is 0 Å². The van der Waals surface area contributed by atoms with E-state index in [1.54, 1.807) is 23.1 Å². The molecule has 1 heterocycles. The number of nitrogens with zero attached hydrogens (tertiary/aromatic N) is 2. The lowest BCUT2D eigenvalue weighted by atomic mass is 10.1. The number of hydrogen-bond donors (Lipinski definition) is 2. The first-order valence-electron chi connectivity index (χ1n) is 13.4. The lowest BCUT2D eigenvalue weighted by Crippen LogP contribution is -2.46. The standard InChI is InChI=1S/C31H31Cl2F3N4O2/c1-20(2)17-40(30(42)38-29-25(32)7-5-8-26(29)33)19-28(41)39(18-21-10-12-23(13-11-21)31(34,35)36)15-14-22-16-37-27-9-4-3-6-24(22)27/h3-13,16,20,37H,14-15,17-19H2,1-2H3,(H,38,42). The Morgan fingerprint density at radius 2 is 1.60 bits per heavy atom. The third-order valence-electron chi connectivity index (χ3n) is 6.73. The number of carbonyl (C=O) groups excluding carboxylic acids is 2. The minimum atomic E-state index is -4.46. The predicted molar refractivity (Wildman–Crippen MR) is 161 cm³/mol. The van der Waals surface area contributed by atoms with Crippen LogP contribution in [-0.4, -0.2) is 46.4 Å². The molecule has 6 nitrogen and oxygen atoms in total. The van der Waals surface area contributed by atoms with E-state index >= 15 is 0 Å². The Morgan fingerprint density at radius 1 is 0.929 bits per heavy atom. The van der Waals surface area contributed by atoms with Gasteiger partial charge < -0.3 is 20.1 Å². The number of H-pyrrole nitrogens is 1. The Balaban J connectivity index is 1.56. The summed E-state index contributed by atoms with van der Waals surface area (Å²) in [6, 6.07) is 16.8. The Kier molecular flexibility index (Phi) is 10.1. The summed E-state index contributed by atoms with van der Waals surface area (Å²) >= 11 is 12.5. The second kappa shape index (κ2) is 13.5. The average Bonchev–Trinajstić information content (AvgIpc) is 3.35. The molecule has 0 aliphatic carbocycles. The number of fused-ring (bicyclic) bond motifs is 1. The van der Waals surface area contributed by atoms with Crippen molar-refractivity contribution >= 4 is 51.7 Å². The van der Waals surface area contributed by atoms with Crippen LogP contribution < -0.4 is 5.32 Å². The zero-order valence-corrected chi connectivity index (χ0v) is 24.7. The molecular weight excluding hydrogens is 588 g/mol. The van der Waals surface area contributed by atoms with Crippen molar-refractivity contribution in [1.82, 2.24) is 14.8 Å². The van der Waals surface area contributed by atoms with Gasteiger partial charge in [0, 0.05) is 36.7 Å². The third-order valence-corrected chi connectivity index (χ3v) is 7.36. The van der Waals surface area contributed by atoms with Gasteiger partial charge in [-0.1, -0.05) is 73.4 Å².